The molecule has 0 radical (unpaired) electrons. The lowest BCUT2D eigenvalue weighted by atomic mass is 9.85. The van der Waals surface area contributed by atoms with Crippen molar-refractivity contribution < 1.29 is 4.74 Å². The van der Waals surface area contributed by atoms with E-state index in [4.69, 9.17) is 4.74 Å². The summed E-state index contributed by atoms with van der Waals surface area (Å²) in [4.78, 5) is 21.1. The fourth-order valence-electron chi connectivity index (χ4n) is 3.72. The Bertz CT molecular complexity index is 935. The quantitative estimate of drug-likeness (QED) is 0.758. The molecule has 3 heterocycles. The van der Waals surface area contributed by atoms with Crippen molar-refractivity contribution in [3.63, 3.8) is 0 Å². The molecule has 138 valence electrons. The van der Waals surface area contributed by atoms with E-state index in [-0.39, 0.29) is 11.0 Å². The van der Waals surface area contributed by atoms with E-state index in [1.165, 1.54) is 0 Å². The summed E-state index contributed by atoms with van der Waals surface area (Å²) in [5, 5.41) is 3.34. The van der Waals surface area contributed by atoms with Gasteiger partial charge in [0.25, 0.3) is 5.56 Å². The van der Waals surface area contributed by atoms with Gasteiger partial charge in [0.05, 0.1) is 11.0 Å². The van der Waals surface area contributed by atoms with Gasteiger partial charge in [-0.2, -0.15) is 4.68 Å². The van der Waals surface area contributed by atoms with Crippen molar-refractivity contribution in [1.82, 2.24) is 19.7 Å². The van der Waals surface area contributed by atoms with Crippen molar-refractivity contribution >= 4 is 11.0 Å². The normalized spacial score (nSPS) is 16.4. The highest BCUT2D eigenvalue weighted by molar-refractivity contribution is 5.75. The first-order valence-corrected chi connectivity index (χ1v) is 9.31. The summed E-state index contributed by atoms with van der Waals surface area (Å²) in [7, 11) is 0. The van der Waals surface area contributed by atoms with Gasteiger partial charge in [-0.3, -0.25) is 9.89 Å². The van der Waals surface area contributed by atoms with Gasteiger partial charge in [0.1, 0.15) is 0 Å². The molecule has 3 aromatic rings. The van der Waals surface area contributed by atoms with Gasteiger partial charge < -0.3 is 9.72 Å². The third kappa shape index (κ3) is 3.09. The monoisotopic (exact) mass is 354 g/mol. The first-order chi connectivity index (χ1) is 12.4. The first-order valence-electron chi connectivity index (χ1n) is 9.31. The van der Waals surface area contributed by atoms with Gasteiger partial charge in [-0.1, -0.05) is 32.9 Å². The van der Waals surface area contributed by atoms with E-state index in [0.29, 0.717) is 11.9 Å². The van der Waals surface area contributed by atoms with Crippen LogP contribution in [0.3, 0.4) is 0 Å². The maximum absolute atomic E-state index is 13.2. The molecule has 0 saturated carbocycles. The average molecular weight is 354 g/mol. The molecule has 1 fully saturated rings. The zero-order chi connectivity index (χ0) is 18.3. The lowest BCUT2D eigenvalue weighted by Crippen LogP contribution is -2.24. The highest BCUT2D eigenvalue weighted by Crippen LogP contribution is 2.27. The minimum absolute atomic E-state index is 0.000438. The summed E-state index contributed by atoms with van der Waals surface area (Å²) in [6, 6.07) is 7.81. The lowest BCUT2D eigenvalue weighted by molar-refractivity contribution is 0.0663. The second-order valence-corrected chi connectivity index (χ2v) is 8.19. The number of aromatic amines is 2. The molecule has 0 amide bonds. The molecule has 0 aliphatic carbocycles. The summed E-state index contributed by atoms with van der Waals surface area (Å²) in [5.41, 5.74) is 3.51. The van der Waals surface area contributed by atoms with Gasteiger partial charge in [-0.25, -0.2) is 4.98 Å². The second-order valence-electron chi connectivity index (χ2n) is 8.19. The predicted molar refractivity (Wildman–Crippen MR) is 102 cm³/mol. The van der Waals surface area contributed by atoms with Crippen molar-refractivity contribution in [2.45, 2.75) is 45.4 Å². The van der Waals surface area contributed by atoms with Gasteiger partial charge in [-0.05, 0) is 37.3 Å². The van der Waals surface area contributed by atoms with E-state index < -0.39 is 0 Å². The predicted octanol–water partition coefficient (Wildman–Crippen LogP) is 3.31. The largest absolute Gasteiger partial charge is 0.381 e. The molecular weight excluding hydrogens is 328 g/mol. The maximum Gasteiger partial charge on any atom is 0.277 e. The number of nitrogens with one attached hydrogen (secondary N) is 2. The van der Waals surface area contributed by atoms with Crippen molar-refractivity contribution in [2.24, 2.45) is 5.92 Å². The molecule has 1 aromatic carbocycles. The topological polar surface area (TPSA) is 75.7 Å². The number of imidazole rings is 1. The molecular formula is C20H26N4O2. The van der Waals surface area contributed by atoms with Crippen LogP contribution in [0.5, 0.6) is 0 Å². The number of hydrogen-bond donors (Lipinski definition) is 2. The number of para-hydroxylation sites is 2. The summed E-state index contributed by atoms with van der Waals surface area (Å²) in [5.74, 6) is 1.04. The van der Waals surface area contributed by atoms with E-state index in [1.54, 1.807) is 4.68 Å². The van der Waals surface area contributed by atoms with Crippen LogP contribution >= 0.6 is 0 Å². The average Bonchev–Trinajstić information content (AvgIpc) is 3.17. The first kappa shape index (κ1) is 17.1. The fourth-order valence-corrected chi connectivity index (χ4v) is 3.72. The summed E-state index contributed by atoms with van der Waals surface area (Å²) >= 11 is 0. The maximum atomic E-state index is 13.2. The standard InChI is InChI=1S/C20H26N4O2/c1-20(2,3)17-14(12-13-8-10-26-11-9-13)18(25)24(23-17)19-21-15-6-4-5-7-16(15)22-19/h4-7,13,23H,8-12H2,1-3H3,(H,21,22). The molecule has 0 atom stereocenters. The molecule has 0 spiro atoms. The number of ether oxygens (including phenoxy) is 1. The zero-order valence-electron chi connectivity index (χ0n) is 15.6. The van der Waals surface area contributed by atoms with Crippen molar-refractivity contribution in [3.8, 4) is 5.95 Å². The Balaban J connectivity index is 1.79. The lowest BCUT2D eigenvalue weighted by Gasteiger charge is -2.23. The molecule has 4 rings (SSSR count). The van der Waals surface area contributed by atoms with Crippen LogP contribution in [0.2, 0.25) is 0 Å². The summed E-state index contributed by atoms with van der Waals surface area (Å²) < 4.78 is 7.03. The third-order valence-electron chi connectivity index (χ3n) is 5.16. The minimum Gasteiger partial charge on any atom is -0.381 e. The molecule has 1 saturated heterocycles. The van der Waals surface area contributed by atoms with E-state index in [1.807, 2.05) is 24.3 Å². The molecule has 26 heavy (non-hydrogen) atoms. The smallest absolute Gasteiger partial charge is 0.277 e. The van der Waals surface area contributed by atoms with Crippen LogP contribution in [0.4, 0.5) is 0 Å². The molecule has 0 unspecified atom stereocenters. The zero-order valence-corrected chi connectivity index (χ0v) is 15.6. The van der Waals surface area contributed by atoms with Gasteiger partial charge in [0.15, 0.2) is 0 Å². The van der Waals surface area contributed by atoms with Crippen molar-refractivity contribution in [1.29, 1.82) is 0 Å². The molecule has 2 N–H and O–H groups in total. The molecule has 1 aliphatic rings. The van der Waals surface area contributed by atoms with Crippen LogP contribution in [-0.2, 0) is 16.6 Å². The minimum atomic E-state index is -0.142. The van der Waals surface area contributed by atoms with E-state index in [0.717, 1.165) is 54.8 Å². The van der Waals surface area contributed by atoms with Gasteiger partial charge in [-0.15, -0.1) is 0 Å². The van der Waals surface area contributed by atoms with E-state index >= 15 is 0 Å². The number of H-pyrrole nitrogens is 2. The third-order valence-corrected chi connectivity index (χ3v) is 5.16. The Kier molecular flexibility index (Phi) is 4.23. The van der Waals surface area contributed by atoms with Crippen LogP contribution in [0.15, 0.2) is 29.1 Å². The van der Waals surface area contributed by atoms with Crippen molar-refractivity contribution in [3.05, 3.63) is 45.9 Å². The molecule has 1 aliphatic heterocycles. The summed E-state index contributed by atoms with van der Waals surface area (Å²) in [6.45, 7) is 7.98. The Morgan fingerprint density at radius 2 is 1.96 bits per heavy atom. The van der Waals surface area contributed by atoms with Crippen molar-refractivity contribution in [2.75, 3.05) is 13.2 Å². The molecule has 0 bridgehead atoms. The van der Waals surface area contributed by atoms with Crippen LogP contribution in [-0.4, -0.2) is 33.0 Å². The van der Waals surface area contributed by atoms with Gasteiger partial charge in [0, 0.05) is 29.9 Å². The highest BCUT2D eigenvalue weighted by Gasteiger charge is 2.28. The number of fused-ring (bicyclic) bond motifs is 1. The van der Waals surface area contributed by atoms with E-state index in [9.17, 15) is 4.79 Å². The Hall–Kier alpha value is -2.34. The Morgan fingerprint density at radius 3 is 2.65 bits per heavy atom. The molecule has 6 nitrogen and oxygen atoms in total. The van der Waals surface area contributed by atoms with Gasteiger partial charge in [0.2, 0.25) is 5.95 Å². The number of hydrogen-bond acceptors (Lipinski definition) is 3. The second kappa shape index (κ2) is 6.43. The highest BCUT2D eigenvalue weighted by atomic mass is 16.5. The van der Waals surface area contributed by atoms with Crippen LogP contribution < -0.4 is 5.56 Å². The number of benzene rings is 1. The van der Waals surface area contributed by atoms with Gasteiger partial charge >= 0.3 is 0 Å². The number of rotatable bonds is 3. The fraction of sp³-hybridized carbons (Fsp3) is 0.500. The molecule has 2 aromatic heterocycles. The number of nitrogens with zero attached hydrogens (tertiary/aromatic N) is 2. The molecule has 6 heteroatoms. The van der Waals surface area contributed by atoms with E-state index in [2.05, 4.69) is 35.8 Å². The van der Waals surface area contributed by atoms with Crippen LogP contribution in [0, 0.1) is 5.92 Å². The van der Waals surface area contributed by atoms with Crippen LogP contribution in [0.1, 0.15) is 44.9 Å². The Morgan fingerprint density at radius 1 is 1.23 bits per heavy atom. The van der Waals surface area contributed by atoms with Crippen LogP contribution in [0.25, 0.3) is 17.0 Å². The number of aromatic nitrogens is 4. The Labute approximate surface area is 152 Å². The summed E-state index contributed by atoms with van der Waals surface area (Å²) in [6.07, 6.45) is 2.82. The SMILES string of the molecule is CC(C)(C)c1[nH]n(-c2nc3ccccc3[nH]2)c(=O)c1CC1CCOCC1.